The molecule has 0 radical (unpaired) electrons. The Balaban J connectivity index is 0.00000196. The molecule has 26 heavy (non-hydrogen) atoms. The number of hydrogen-bond acceptors (Lipinski definition) is 4. The number of fused-ring (bicyclic) bond motifs is 4. The van der Waals surface area contributed by atoms with E-state index in [1.165, 1.54) is 11.1 Å². The quantitative estimate of drug-likeness (QED) is 0.724. The molecule has 1 unspecified atom stereocenters. The third kappa shape index (κ3) is 2.97. The van der Waals surface area contributed by atoms with Crippen LogP contribution in [0.25, 0.3) is 0 Å². The van der Waals surface area contributed by atoms with Crippen molar-refractivity contribution in [2.45, 2.75) is 23.2 Å². The first-order valence-electron chi connectivity index (χ1n) is 8.57. The van der Waals surface area contributed by atoms with E-state index in [0.717, 1.165) is 48.1 Å². The summed E-state index contributed by atoms with van der Waals surface area (Å²) in [7, 11) is 3.84. The number of nitrogens with zero attached hydrogens (tertiary/aromatic N) is 1. The molecule has 140 valence electrons. The number of halogens is 1. The Morgan fingerprint density at radius 3 is 2.54 bits per heavy atom. The largest absolute Gasteiger partial charge is 0.612 e. The minimum atomic E-state index is -1.03. The van der Waals surface area contributed by atoms with Crippen molar-refractivity contribution in [3.63, 3.8) is 0 Å². The zero-order valence-corrected chi connectivity index (χ0v) is 16.9. The average molecular weight is 394 g/mol. The van der Waals surface area contributed by atoms with Gasteiger partial charge in [-0.1, -0.05) is 12.1 Å². The van der Waals surface area contributed by atoms with E-state index in [1.807, 2.05) is 24.3 Å². The second-order valence-electron chi connectivity index (χ2n) is 6.94. The Hall–Kier alpha value is -1.40. The zero-order valence-electron chi connectivity index (χ0n) is 15.3. The summed E-state index contributed by atoms with van der Waals surface area (Å²) in [5.74, 6) is 2.37. The number of likely N-dealkylation sites (tertiary alicyclic amines) is 1. The monoisotopic (exact) mass is 393 g/mol. The SMILES string of the molecule is COc1cccc2c1Oc1cc([S+](C)[O-])ccc1C21CCN(C)CC1.Cl. The first kappa shape index (κ1) is 19.4. The second kappa shape index (κ2) is 7.31. The third-order valence-electron chi connectivity index (χ3n) is 5.57. The van der Waals surface area contributed by atoms with E-state index < -0.39 is 11.2 Å². The van der Waals surface area contributed by atoms with Gasteiger partial charge >= 0.3 is 0 Å². The summed E-state index contributed by atoms with van der Waals surface area (Å²) in [6, 6.07) is 12.2. The van der Waals surface area contributed by atoms with E-state index in [1.54, 1.807) is 13.4 Å². The highest BCUT2D eigenvalue weighted by molar-refractivity contribution is 7.90. The maximum absolute atomic E-state index is 11.9. The molecular formula is C20H24ClNO3S. The number of methoxy groups -OCH3 is 1. The number of hydrogen-bond donors (Lipinski definition) is 0. The molecule has 0 aromatic heterocycles. The van der Waals surface area contributed by atoms with Crippen molar-refractivity contribution >= 4 is 23.6 Å². The van der Waals surface area contributed by atoms with E-state index in [-0.39, 0.29) is 17.8 Å². The smallest absolute Gasteiger partial charge is 0.173 e. The van der Waals surface area contributed by atoms with Crippen molar-refractivity contribution < 1.29 is 14.0 Å². The van der Waals surface area contributed by atoms with E-state index in [0.29, 0.717) is 0 Å². The van der Waals surface area contributed by atoms with Crippen molar-refractivity contribution in [3.8, 4) is 17.2 Å². The highest BCUT2D eigenvalue weighted by atomic mass is 35.5. The van der Waals surface area contributed by atoms with Gasteiger partial charge in [0.2, 0.25) is 0 Å². The molecule has 0 amide bonds. The van der Waals surface area contributed by atoms with Crippen LogP contribution in [-0.4, -0.2) is 43.0 Å². The molecule has 4 nitrogen and oxygen atoms in total. The van der Waals surface area contributed by atoms with Crippen LogP contribution in [0.5, 0.6) is 17.2 Å². The lowest BCUT2D eigenvalue weighted by molar-refractivity contribution is 0.200. The maximum atomic E-state index is 11.9. The van der Waals surface area contributed by atoms with E-state index in [9.17, 15) is 4.55 Å². The maximum Gasteiger partial charge on any atom is 0.173 e. The molecule has 1 saturated heterocycles. The Morgan fingerprint density at radius 2 is 1.88 bits per heavy atom. The summed E-state index contributed by atoms with van der Waals surface area (Å²) in [6.07, 6.45) is 3.77. The lowest BCUT2D eigenvalue weighted by atomic mass is 9.66. The minimum absolute atomic E-state index is 0. The minimum Gasteiger partial charge on any atom is -0.612 e. The molecular weight excluding hydrogens is 370 g/mol. The number of ether oxygens (including phenoxy) is 2. The fraction of sp³-hybridized carbons (Fsp3) is 0.400. The van der Waals surface area contributed by atoms with Crippen LogP contribution in [0.4, 0.5) is 0 Å². The molecule has 2 aromatic carbocycles. The fourth-order valence-corrected chi connectivity index (χ4v) is 4.65. The molecule has 1 atom stereocenters. The summed E-state index contributed by atoms with van der Waals surface area (Å²) in [6.45, 7) is 2.08. The molecule has 0 aliphatic carbocycles. The molecule has 0 N–H and O–H groups in total. The van der Waals surface area contributed by atoms with Crippen LogP contribution in [0.3, 0.4) is 0 Å². The lowest BCUT2D eigenvalue weighted by Crippen LogP contribution is -2.43. The molecule has 0 bridgehead atoms. The van der Waals surface area contributed by atoms with Gasteiger partial charge in [-0.15, -0.1) is 12.4 Å². The van der Waals surface area contributed by atoms with Crippen LogP contribution in [-0.2, 0) is 16.6 Å². The number of piperidine rings is 1. The van der Waals surface area contributed by atoms with Crippen LogP contribution in [0.1, 0.15) is 24.0 Å². The first-order chi connectivity index (χ1) is 12.0. The molecule has 0 saturated carbocycles. The summed E-state index contributed by atoms with van der Waals surface area (Å²) < 4.78 is 23.8. The molecule has 1 fully saturated rings. The predicted octanol–water partition coefficient (Wildman–Crippen LogP) is 3.97. The Kier molecular flexibility index (Phi) is 5.45. The van der Waals surface area contributed by atoms with E-state index in [2.05, 4.69) is 24.1 Å². The van der Waals surface area contributed by atoms with Gasteiger partial charge < -0.3 is 18.9 Å². The van der Waals surface area contributed by atoms with Crippen LogP contribution in [0.15, 0.2) is 41.3 Å². The third-order valence-corrected chi connectivity index (χ3v) is 6.49. The fourth-order valence-electron chi connectivity index (χ4n) is 4.11. The van der Waals surface area contributed by atoms with Gasteiger partial charge in [0.25, 0.3) is 0 Å². The van der Waals surface area contributed by atoms with Crippen LogP contribution < -0.4 is 9.47 Å². The molecule has 4 rings (SSSR count). The van der Waals surface area contributed by atoms with Gasteiger partial charge in [-0.2, -0.15) is 0 Å². The number of para-hydroxylation sites is 1. The molecule has 2 aliphatic heterocycles. The van der Waals surface area contributed by atoms with Crippen LogP contribution >= 0.6 is 12.4 Å². The average Bonchev–Trinajstić information content (AvgIpc) is 2.63. The van der Waals surface area contributed by atoms with Gasteiger partial charge in [0.05, 0.1) is 7.11 Å². The standard InChI is InChI=1S/C20H23NO3S.ClH/c1-21-11-9-20(10-12-21)15-8-7-14(25(3)22)13-18(15)24-19-16(20)5-4-6-17(19)23-2;/h4-8,13H,9-12H2,1-3H3;1H. The van der Waals surface area contributed by atoms with E-state index in [4.69, 9.17) is 9.47 Å². The van der Waals surface area contributed by atoms with Crippen molar-refractivity contribution in [1.29, 1.82) is 0 Å². The van der Waals surface area contributed by atoms with Gasteiger partial charge in [-0.05, 0) is 62.4 Å². The van der Waals surface area contributed by atoms with Gasteiger partial charge in [-0.3, -0.25) is 0 Å². The first-order valence-corrected chi connectivity index (χ1v) is 10.1. The summed E-state index contributed by atoms with van der Waals surface area (Å²) in [5.41, 5.74) is 2.34. The molecule has 2 heterocycles. The molecule has 2 aromatic rings. The second-order valence-corrected chi connectivity index (χ2v) is 8.32. The highest BCUT2D eigenvalue weighted by Crippen LogP contribution is 2.55. The summed E-state index contributed by atoms with van der Waals surface area (Å²) in [5, 5.41) is 0. The van der Waals surface area contributed by atoms with Gasteiger partial charge in [-0.25, -0.2) is 0 Å². The Labute approximate surface area is 164 Å². The summed E-state index contributed by atoms with van der Waals surface area (Å²) >= 11 is -1.03. The molecule has 2 aliphatic rings. The topological polar surface area (TPSA) is 44.8 Å². The lowest BCUT2D eigenvalue weighted by Gasteiger charge is -2.45. The molecule has 1 spiro atoms. The van der Waals surface area contributed by atoms with Gasteiger partial charge in [0, 0.05) is 22.6 Å². The molecule has 6 heteroatoms. The Morgan fingerprint density at radius 1 is 1.15 bits per heavy atom. The number of rotatable bonds is 2. The number of benzene rings is 2. The predicted molar refractivity (Wildman–Crippen MR) is 107 cm³/mol. The van der Waals surface area contributed by atoms with Gasteiger partial charge in [0.1, 0.15) is 12.0 Å². The normalized spacial score (nSPS) is 18.9. The van der Waals surface area contributed by atoms with Crippen LogP contribution in [0.2, 0.25) is 0 Å². The Bertz CT molecular complexity index is 804. The van der Waals surface area contributed by atoms with Crippen molar-refractivity contribution in [2.24, 2.45) is 0 Å². The van der Waals surface area contributed by atoms with Gasteiger partial charge in [0.15, 0.2) is 16.4 Å². The summed E-state index contributed by atoms with van der Waals surface area (Å²) in [4.78, 5) is 3.16. The van der Waals surface area contributed by atoms with Crippen molar-refractivity contribution in [2.75, 3.05) is 33.5 Å². The van der Waals surface area contributed by atoms with Crippen molar-refractivity contribution in [1.82, 2.24) is 4.90 Å². The highest BCUT2D eigenvalue weighted by Gasteiger charge is 2.45. The van der Waals surface area contributed by atoms with Crippen LogP contribution in [0, 0.1) is 0 Å². The van der Waals surface area contributed by atoms with Crippen molar-refractivity contribution in [3.05, 3.63) is 47.5 Å². The van der Waals surface area contributed by atoms with E-state index >= 15 is 0 Å². The zero-order chi connectivity index (χ0) is 17.6.